The molecular formula is C15H23NO3S. The molecule has 4 nitrogen and oxygen atoms in total. The molecule has 0 saturated carbocycles. The minimum Gasteiger partial charge on any atom is -0.458 e. The fourth-order valence-electron chi connectivity index (χ4n) is 1.64. The Morgan fingerprint density at radius 2 is 2.10 bits per heavy atom. The molecular weight excluding hydrogens is 274 g/mol. The number of rotatable bonds is 6. The number of amides is 1. The predicted molar refractivity (Wildman–Crippen MR) is 80.7 cm³/mol. The fraction of sp³-hybridized carbons (Fsp3) is 0.600. The van der Waals surface area contributed by atoms with E-state index in [1.165, 1.54) is 4.88 Å². The Kier molecular flexibility index (Phi) is 6.20. The number of esters is 1. The number of aryl methyl sites for hydroxylation is 1. The minimum atomic E-state index is -0.608. The fourth-order valence-corrected chi connectivity index (χ4v) is 2.39. The van der Waals surface area contributed by atoms with Crippen LogP contribution in [0.4, 0.5) is 0 Å². The van der Waals surface area contributed by atoms with E-state index in [0.29, 0.717) is 6.42 Å². The lowest BCUT2D eigenvalue weighted by Crippen LogP contribution is -2.42. The normalized spacial score (nSPS) is 12.8. The molecule has 1 heterocycles. The average molecular weight is 297 g/mol. The first-order chi connectivity index (χ1) is 9.28. The van der Waals surface area contributed by atoms with Gasteiger partial charge in [0.1, 0.15) is 11.6 Å². The van der Waals surface area contributed by atoms with E-state index in [-0.39, 0.29) is 5.91 Å². The lowest BCUT2D eigenvalue weighted by atomic mass is 10.2. The highest BCUT2D eigenvalue weighted by Gasteiger charge is 2.22. The molecule has 1 rings (SSSR count). The van der Waals surface area contributed by atoms with E-state index in [4.69, 9.17) is 4.74 Å². The van der Waals surface area contributed by atoms with Gasteiger partial charge in [-0.15, -0.1) is 11.3 Å². The lowest BCUT2D eigenvalue weighted by Gasteiger charge is -2.22. The molecule has 0 radical (unpaired) electrons. The third-order valence-electron chi connectivity index (χ3n) is 2.54. The number of thiophene rings is 1. The van der Waals surface area contributed by atoms with Crippen LogP contribution < -0.4 is 5.32 Å². The van der Waals surface area contributed by atoms with Crippen molar-refractivity contribution in [2.75, 3.05) is 0 Å². The topological polar surface area (TPSA) is 55.4 Å². The molecule has 5 heteroatoms. The van der Waals surface area contributed by atoms with Crippen LogP contribution in [0.3, 0.4) is 0 Å². The summed E-state index contributed by atoms with van der Waals surface area (Å²) in [5.74, 6) is -0.510. The van der Waals surface area contributed by atoms with E-state index in [2.05, 4.69) is 11.4 Å². The molecule has 0 spiro atoms. The van der Waals surface area contributed by atoms with Gasteiger partial charge in [-0.25, -0.2) is 4.79 Å². The SMILES string of the molecule is C[C@H](NC(=O)CCCc1cccs1)C(=O)OC(C)(C)C. The number of hydrogen-bond acceptors (Lipinski definition) is 4. The summed E-state index contributed by atoms with van der Waals surface area (Å²) in [7, 11) is 0. The molecule has 0 aromatic carbocycles. The van der Waals surface area contributed by atoms with E-state index in [0.717, 1.165) is 12.8 Å². The molecule has 0 saturated heterocycles. The highest BCUT2D eigenvalue weighted by Crippen LogP contribution is 2.12. The maximum atomic E-state index is 11.7. The van der Waals surface area contributed by atoms with Gasteiger partial charge < -0.3 is 10.1 Å². The summed E-state index contributed by atoms with van der Waals surface area (Å²) < 4.78 is 5.21. The van der Waals surface area contributed by atoms with E-state index in [9.17, 15) is 9.59 Å². The predicted octanol–water partition coefficient (Wildman–Crippen LogP) is 2.92. The Morgan fingerprint density at radius 1 is 1.40 bits per heavy atom. The molecule has 1 aromatic heterocycles. The van der Waals surface area contributed by atoms with E-state index in [1.54, 1.807) is 39.0 Å². The van der Waals surface area contributed by atoms with Gasteiger partial charge >= 0.3 is 5.97 Å². The van der Waals surface area contributed by atoms with Crippen LogP contribution in [0.5, 0.6) is 0 Å². The Labute approximate surface area is 124 Å². The molecule has 112 valence electrons. The highest BCUT2D eigenvalue weighted by molar-refractivity contribution is 7.09. The molecule has 20 heavy (non-hydrogen) atoms. The van der Waals surface area contributed by atoms with Crippen LogP contribution in [0, 0.1) is 0 Å². The van der Waals surface area contributed by atoms with Gasteiger partial charge in [0, 0.05) is 11.3 Å². The number of carbonyl (C=O) groups excluding carboxylic acids is 2. The zero-order valence-corrected chi connectivity index (χ0v) is 13.4. The smallest absolute Gasteiger partial charge is 0.328 e. The minimum absolute atomic E-state index is 0.111. The van der Waals surface area contributed by atoms with E-state index in [1.807, 2.05) is 11.4 Å². The molecule has 0 unspecified atom stereocenters. The van der Waals surface area contributed by atoms with Crippen molar-refractivity contribution in [1.82, 2.24) is 5.32 Å². The van der Waals surface area contributed by atoms with Crippen LogP contribution in [0.15, 0.2) is 17.5 Å². The zero-order valence-electron chi connectivity index (χ0n) is 12.6. The van der Waals surface area contributed by atoms with E-state index >= 15 is 0 Å². The van der Waals surface area contributed by atoms with Crippen molar-refractivity contribution in [2.24, 2.45) is 0 Å². The summed E-state index contributed by atoms with van der Waals surface area (Å²) >= 11 is 1.69. The molecule has 1 atom stereocenters. The quantitative estimate of drug-likeness (QED) is 0.821. The number of ether oxygens (including phenoxy) is 1. The Bertz CT molecular complexity index is 434. The molecule has 0 aliphatic rings. The molecule has 0 bridgehead atoms. The largest absolute Gasteiger partial charge is 0.458 e. The third kappa shape index (κ3) is 6.70. The third-order valence-corrected chi connectivity index (χ3v) is 3.48. The van der Waals surface area contributed by atoms with E-state index < -0.39 is 17.6 Å². The molecule has 0 aliphatic heterocycles. The van der Waals surface area contributed by atoms with Crippen molar-refractivity contribution in [3.63, 3.8) is 0 Å². The van der Waals surface area contributed by atoms with Crippen LogP contribution in [0.2, 0.25) is 0 Å². The van der Waals surface area contributed by atoms with Crippen LogP contribution in [0.1, 0.15) is 45.4 Å². The van der Waals surface area contributed by atoms with Gasteiger partial charge in [0.25, 0.3) is 0 Å². The number of nitrogens with one attached hydrogen (secondary N) is 1. The van der Waals surface area contributed by atoms with Gasteiger partial charge in [-0.3, -0.25) is 4.79 Å². The average Bonchev–Trinajstić information content (AvgIpc) is 2.79. The summed E-state index contributed by atoms with van der Waals surface area (Å²) in [6.07, 6.45) is 2.10. The zero-order chi connectivity index (χ0) is 15.2. The second-order valence-corrected chi connectivity index (χ2v) is 6.79. The molecule has 1 N–H and O–H groups in total. The van der Waals surface area contributed by atoms with Gasteiger partial charge in [0.05, 0.1) is 0 Å². The van der Waals surface area contributed by atoms with Gasteiger partial charge in [-0.1, -0.05) is 6.07 Å². The first kappa shape index (κ1) is 16.7. The van der Waals surface area contributed by atoms with Crippen molar-refractivity contribution in [2.45, 2.75) is 58.6 Å². The molecule has 0 fully saturated rings. The summed E-state index contributed by atoms with van der Waals surface area (Å²) in [4.78, 5) is 24.7. The molecule has 0 aliphatic carbocycles. The van der Waals surface area contributed by atoms with Crippen molar-refractivity contribution < 1.29 is 14.3 Å². The number of carbonyl (C=O) groups is 2. The standard InChI is InChI=1S/C15H23NO3S/c1-11(14(18)19-15(2,3)4)16-13(17)9-5-7-12-8-6-10-20-12/h6,8,10-11H,5,7,9H2,1-4H3,(H,16,17)/t11-/m0/s1. The lowest BCUT2D eigenvalue weighted by molar-refractivity contribution is -0.158. The van der Waals surface area contributed by atoms with Gasteiger partial charge in [0.2, 0.25) is 5.91 Å². The van der Waals surface area contributed by atoms with Gasteiger partial charge in [0.15, 0.2) is 0 Å². The Balaban J connectivity index is 2.25. The first-order valence-electron chi connectivity index (χ1n) is 6.82. The summed E-state index contributed by atoms with van der Waals surface area (Å²) in [6.45, 7) is 7.06. The molecule has 1 amide bonds. The van der Waals surface area contributed by atoms with Gasteiger partial charge in [-0.2, -0.15) is 0 Å². The highest BCUT2D eigenvalue weighted by atomic mass is 32.1. The van der Waals surface area contributed by atoms with Crippen LogP contribution in [-0.2, 0) is 20.7 Å². The van der Waals surface area contributed by atoms with Crippen molar-refractivity contribution >= 4 is 23.2 Å². The monoisotopic (exact) mass is 297 g/mol. The van der Waals surface area contributed by atoms with Crippen molar-refractivity contribution in [3.8, 4) is 0 Å². The van der Waals surface area contributed by atoms with Gasteiger partial charge in [-0.05, 0) is 52.0 Å². The maximum Gasteiger partial charge on any atom is 0.328 e. The second kappa shape index (κ2) is 7.43. The number of hydrogen-bond donors (Lipinski definition) is 1. The molecule has 1 aromatic rings. The Hall–Kier alpha value is -1.36. The summed E-state index contributed by atoms with van der Waals surface area (Å²) in [6, 6.07) is 3.46. The first-order valence-corrected chi connectivity index (χ1v) is 7.70. The Morgan fingerprint density at radius 3 is 2.65 bits per heavy atom. The summed E-state index contributed by atoms with van der Waals surface area (Å²) in [5.41, 5.74) is -0.532. The van der Waals surface area contributed by atoms with Crippen LogP contribution in [-0.4, -0.2) is 23.5 Å². The van der Waals surface area contributed by atoms with Crippen LogP contribution >= 0.6 is 11.3 Å². The summed E-state index contributed by atoms with van der Waals surface area (Å²) in [5, 5.41) is 4.70. The van der Waals surface area contributed by atoms with Crippen LogP contribution in [0.25, 0.3) is 0 Å². The van der Waals surface area contributed by atoms with Crippen molar-refractivity contribution in [1.29, 1.82) is 0 Å². The second-order valence-electron chi connectivity index (χ2n) is 5.76. The maximum absolute atomic E-state index is 11.7. The van der Waals surface area contributed by atoms with Crippen molar-refractivity contribution in [3.05, 3.63) is 22.4 Å².